The van der Waals surface area contributed by atoms with Gasteiger partial charge in [-0.3, -0.25) is 10.1 Å². The Bertz CT molecular complexity index is 780. The van der Waals surface area contributed by atoms with Crippen molar-refractivity contribution in [2.45, 2.75) is 26.1 Å². The number of ether oxygens (including phenoxy) is 1. The summed E-state index contributed by atoms with van der Waals surface area (Å²) in [6, 6.07) is 5.70. The van der Waals surface area contributed by atoms with E-state index in [0.29, 0.717) is 18.8 Å². The number of hydrogen-bond donors (Lipinski definition) is 1. The first-order valence-electron chi connectivity index (χ1n) is 7.78. The van der Waals surface area contributed by atoms with Gasteiger partial charge in [-0.15, -0.1) is 0 Å². The van der Waals surface area contributed by atoms with E-state index < -0.39 is 14.9 Å². The third kappa shape index (κ3) is 4.88. The van der Waals surface area contributed by atoms with Gasteiger partial charge in [-0.2, -0.15) is 9.57 Å². The number of sulfonamides is 1. The van der Waals surface area contributed by atoms with Gasteiger partial charge in [-0.05, 0) is 19.9 Å². The average molecular weight is 368 g/mol. The zero-order chi connectivity index (χ0) is 18.6. The Morgan fingerprint density at radius 2 is 2.04 bits per heavy atom. The lowest BCUT2D eigenvalue weighted by molar-refractivity contribution is -0.384. The van der Waals surface area contributed by atoms with Crippen LogP contribution in [0.25, 0.3) is 0 Å². The number of rotatable bonds is 6. The highest BCUT2D eigenvalue weighted by molar-refractivity contribution is 7.89. The Hall–Kier alpha value is -2.22. The van der Waals surface area contributed by atoms with Crippen molar-refractivity contribution in [1.82, 2.24) is 4.31 Å². The number of morpholine rings is 1. The molecule has 25 heavy (non-hydrogen) atoms. The molecule has 1 aromatic carbocycles. The fraction of sp³-hybridized carbons (Fsp3) is 0.533. The Labute approximate surface area is 146 Å². The summed E-state index contributed by atoms with van der Waals surface area (Å²) >= 11 is 0. The van der Waals surface area contributed by atoms with Crippen LogP contribution in [0.1, 0.15) is 19.4 Å². The van der Waals surface area contributed by atoms with Gasteiger partial charge >= 0.3 is 0 Å². The summed E-state index contributed by atoms with van der Waals surface area (Å²) in [6.45, 7) is 4.37. The molecule has 0 amide bonds. The Kier molecular flexibility index (Phi) is 5.94. The largest absolute Gasteiger partial charge is 0.383 e. The monoisotopic (exact) mass is 368 g/mol. The number of nitriles is 1. The average Bonchev–Trinajstić information content (AvgIpc) is 2.53. The van der Waals surface area contributed by atoms with E-state index in [1.165, 1.54) is 16.4 Å². The number of benzene rings is 1. The summed E-state index contributed by atoms with van der Waals surface area (Å²) in [5, 5.41) is 22.7. The van der Waals surface area contributed by atoms with Crippen LogP contribution in [0.5, 0.6) is 0 Å². The highest BCUT2D eigenvalue weighted by atomic mass is 32.2. The maximum atomic E-state index is 12.4. The Morgan fingerprint density at radius 3 is 2.60 bits per heavy atom. The second-order valence-corrected chi connectivity index (χ2v) is 8.00. The summed E-state index contributed by atoms with van der Waals surface area (Å²) < 4.78 is 31.8. The molecular formula is C15H20N4O5S. The summed E-state index contributed by atoms with van der Waals surface area (Å²) in [4.78, 5) is 10.1. The predicted octanol–water partition coefficient (Wildman–Crippen LogP) is 1.32. The number of nitrogens with zero attached hydrogens (tertiary/aromatic N) is 3. The maximum absolute atomic E-state index is 12.4. The molecular weight excluding hydrogens is 348 g/mol. The quantitative estimate of drug-likeness (QED) is 0.593. The lowest BCUT2D eigenvalue weighted by atomic mass is 10.1. The second kappa shape index (κ2) is 7.77. The molecule has 1 aliphatic rings. The molecule has 1 heterocycles. The van der Waals surface area contributed by atoms with Crippen LogP contribution in [0, 0.1) is 21.4 Å². The molecule has 0 unspecified atom stereocenters. The first-order valence-corrected chi connectivity index (χ1v) is 9.39. The molecule has 9 nitrogen and oxygen atoms in total. The van der Waals surface area contributed by atoms with Crippen molar-refractivity contribution in [2.75, 3.05) is 30.7 Å². The van der Waals surface area contributed by atoms with Gasteiger partial charge in [0.2, 0.25) is 10.0 Å². The smallest absolute Gasteiger partial charge is 0.270 e. The number of hydrogen-bond acceptors (Lipinski definition) is 7. The zero-order valence-corrected chi connectivity index (χ0v) is 14.8. The minimum atomic E-state index is -3.46. The lowest BCUT2D eigenvalue weighted by Gasteiger charge is -2.34. The van der Waals surface area contributed by atoms with E-state index in [-0.39, 0.29) is 35.8 Å². The molecule has 0 aromatic heterocycles. The molecule has 136 valence electrons. The minimum absolute atomic E-state index is 0.0922. The van der Waals surface area contributed by atoms with Gasteiger partial charge in [-0.25, -0.2) is 8.42 Å². The van der Waals surface area contributed by atoms with Gasteiger partial charge in [-0.1, -0.05) is 0 Å². The SMILES string of the molecule is C[C@@H]1CN(S(=O)(=O)CCNc2ccc([N+](=O)[O-])cc2C#N)C[C@H](C)O1. The van der Waals surface area contributed by atoms with E-state index in [9.17, 15) is 18.5 Å². The maximum Gasteiger partial charge on any atom is 0.270 e. The van der Waals surface area contributed by atoms with E-state index in [1.54, 1.807) is 0 Å². The highest BCUT2D eigenvalue weighted by Crippen LogP contribution is 2.21. The molecule has 2 atom stereocenters. The molecule has 10 heteroatoms. The fourth-order valence-electron chi connectivity index (χ4n) is 2.69. The molecule has 0 radical (unpaired) electrons. The molecule has 1 aromatic rings. The van der Waals surface area contributed by atoms with Crippen molar-refractivity contribution in [3.63, 3.8) is 0 Å². The topological polar surface area (TPSA) is 126 Å². The number of anilines is 1. The number of non-ortho nitro benzene ring substituents is 1. The zero-order valence-electron chi connectivity index (χ0n) is 14.0. The third-order valence-corrected chi connectivity index (χ3v) is 5.59. The molecule has 1 N–H and O–H groups in total. The molecule has 1 fully saturated rings. The first kappa shape index (κ1) is 19.1. The summed E-state index contributed by atoms with van der Waals surface area (Å²) in [7, 11) is -3.46. The first-order chi connectivity index (χ1) is 11.7. The van der Waals surface area contributed by atoms with Crippen LogP contribution in [-0.4, -0.2) is 55.2 Å². The van der Waals surface area contributed by atoms with Crippen LogP contribution >= 0.6 is 0 Å². The van der Waals surface area contributed by atoms with E-state index in [0.717, 1.165) is 6.07 Å². The number of nitro groups is 1. The fourth-order valence-corrected chi connectivity index (χ4v) is 4.19. The van der Waals surface area contributed by atoms with Gasteiger partial charge in [0.05, 0.1) is 34.1 Å². The van der Waals surface area contributed by atoms with Crippen LogP contribution in [0.3, 0.4) is 0 Å². The molecule has 0 bridgehead atoms. The van der Waals surface area contributed by atoms with Crippen molar-refractivity contribution < 1.29 is 18.1 Å². The molecule has 0 saturated carbocycles. The third-order valence-electron chi connectivity index (χ3n) is 3.79. The number of nitrogens with one attached hydrogen (secondary N) is 1. The van der Waals surface area contributed by atoms with E-state index in [2.05, 4.69) is 5.32 Å². The van der Waals surface area contributed by atoms with Crippen molar-refractivity contribution in [2.24, 2.45) is 0 Å². The van der Waals surface area contributed by atoms with Crippen LogP contribution in [0.15, 0.2) is 18.2 Å². The standard InChI is InChI=1S/C15H20N4O5S/c1-11-9-18(10-12(2)24-11)25(22,23)6-5-17-15-4-3-14(19(20)21)7-13(15)8-16/h3-4,7,11-12,17H,5-6,9-10H2,1-2H3/t11-,12+. The van der Waals surface area contributed by atoms with Crippen LogP contribution in [0.2, 0.25) is 0 Å². The van der Waals surface area contributed by atoms with Crippen molar-refractivity contribution in [1.29, 1.82) is 5.26 Å². The molecule has 2 rings (SSSR count). The van der Waals surface area contributed by atoms with E-state index in [1.807, 2.05) is 19.9 Å². The minimum Gasteiger partial charge on any atom is -0.383 e. The van der Waals surface area contributed by atoms with E-state index >= 15 is 0 Å². The highest BCUT2D eigenvalue weighted by Gasteiger charge is 2.30. The van der Waals surface area contributed by atoms with Crippen LogP contribution < -0.4 is 5.32 Å². The van der Waals surface area contributed by atoms with Crippen molar-refractivity contribution >= 4 is 21.4 Å². The Morgan fingerprint density at radius 1 is 1.40 bits per heavy atom. The van der Waals surface area contributed by atoms with Gasteiger partial charge < -0.3 is 10.1 Å². The molecule has 0 spiro atoms. The van der Waals surface area contributed by atoms with Crippen molar-refractivity contribution in [3.8, 4) is 6.07 Å². The summed E-state index contributed by atoms with van der Waals surface area (Å²) in [5.41, 5.74) is 0.276. The normalized spacial score (nSPS) is 21.5. The second-order valence-electron chi connectivity index (χ2n) is 5.92. The van der Waals surface area contributed by atoms with Gasteiger partial charge in [0.25, 0.3) is 5.69 Å². The molecule has 0 aliphatic carbocycles. The summed E-state index contributed by atoms with van der Waals surface area (Å²) in [5.74, 6) is -0.145. The predicted molar refractivity (Wildman–Crippen MR) is 91.7 cm³/mol. The van der Waals surface area contributed by atoms with Gasteiger partial charge in [0, 0.05) is 31.8 Å². The van der Waals surface area contributed by atoms with Crippen LogP contribution in [0.4, 0.5) is 11.4 Å². The Balaban J connectivity index is 2.00. The molecule has 1 saturated heterocycles. The van der Waals surface area contributed by atoms with Gasteiger partial charge in [0.15, 0.2) is 0 Å². The molecule has 1 aliphatic heterocycles. The number of nitro benzene ring substituents is 1. The van der Waals surface area contributed by atoms with Gasteiger partial charge in [0.1, 0.15) is 6.07 Å². The summed E-state index contributed by atoms with van der Waals surface area (Å²) in [6.07, 6.45) is -0.322. The lowest BCUT2D eigenvalue weighted by Crippen LogP contribution is -2.49. The van der Waals surface area contributed by atoms with Crippen LogP contribution in [-0.2, 0) is 14.8 Å². The van der Waals surface area contributed by atoms with Crippen molar-refractivity contribution in [3.05, 3.63) is 33.9 Å². The van der Waals surface area contributed by atoms with E-state index in [4.69, 9.17) is 10.00 Å².